The van der Waals surface area contributed by atoms with Crippen LogP contribution in [0.15, 0.2) is 59.6 Å². The van der Waals surface area contributed by atoms with E-state index in [1.807, 2.05) is 47.4 Å². The van der Waals surface area contributed by atoms with E-state index in [1.165, 1.54) is 5.56 Å². The van der Waals surface area contributed by atoms with Crippen LogP contribution in [0.25, 0.3) is 0 Å². The Morgan fingerprint density at radius 2 is 1.86 bits per heavy atom. The van der Waals surface area contributed by atoms with E-state index < -0.39 is 0 Å². The number of methoxy groups -OCH3 is 1. The van der Waals surface area contributed by atoms with Crippen LogP contribution in [0.2, 0.25) is 0 Å². The summed E-state index contributed by atoms with van der Waals surface area (Å²) in [5, 5.41) is 6.67. The molecule has 2 aromatic rings. The Morgan fingerprint density at radius 1 is 1.10 bits per heavy atom. The molecule has 3 rings (SSSR count). The maximum atomic E-state index is 12.3. The molecule has 1 heterocycles. The SMILES string of the molecule is CN=C(NCc1ccc(OC)cc1)NCC1CC(=O)N(CCc2ccccc2)C1. The van der Waals surface area contributed by atoms with Crippen LogP contribution in [0.1, 0.15) is 17.5 Å². The van der Waals surface area contributed by atoms with Gasteiger partial charge in [-0.15, -0.1) is 0 Å². The van der Waals surface area contributed by atoms with Gasteiger partial charge in [0.25, 0.3) is 0 Å². The molecule has 0 saturated carbocycles. The standard InChI is InChI=1S/C23H30N4O2/c1-24-23(25-15-19-8-10-21(29-2)11-9-19)26-16-20-14-22(28)27(17-20)13-12-18-6-4-3-5-7-18/h3-11,20H,12-17H2,1-2H3,(H2,24,25,26). The molecular formula is C23H30N4O2. The molecule has 2 N–H and O–H groups in total. The Kier molecular flexibility index (Phi) is 7.50. The number of hydrogen-bond acceptors (Lipinski definition) is 3. The van der Waals surface area contributed by atoms with Gasteiger partial charge >= 0.3 is 0 Å². The average Bonchev–Trinajstić information content (AvgIpc) is 3.13. The first kappa shape index (κ1) is 20.7. The van der Waals surface area contributed by atoms with Crippen molar-refractivity contribution in [2.75, 3.05) is 33.8 Å². The Morgan fingerprint density at radius 3 is 2.55 bits per heavy atom. The average molecular weight is 395 g/mol. The van der Waals surface area contributed by atoms with Gasteiger partial charge in [0.15, 0.2) is 5.96 Å². The summed E-state index contributed by atoms with van der Waals surface area (Å²) in [6, 6.07) is 18.3. The second-order valence-electron chi connectivity index (χ2n) is 7.30. The van der Waals surface area contributed by atoms with Gasteiger partial charge in [0.1, 0.15) is 5.75 Å². The molecule has 1 amide bonds. The molecule has 0 aliphatic carbocycles. The van der Waals surface area contributed by atoms with Gasteiger partial charge in [0.2, 0.25) is 5.91 Å². The lowest BCUT2D eigenvalue weighted by Crippen LogP contribution is -2.40. The van der Waals surface area contributed by atoms with Crippen molar-refractivity contribution >= 4 is 11.9 Å². The molecule has 0 aromatic heterocycles. The van der Waals surface area contributed by atoms with Crippen LogP contribution in [0.4, 0.5) is 0 Å². The highest BCUT2D eigenvalue weighted by Gasteiger charge is 2.29. The summed E-state index contributed by atoms with van der Waals surface area (Å²) in [6.07, 6.45) is 1.50. The number of rotatable bonds is 8. The van der Waals surface area contributed by atoms with E-state index in [0.29, 0.717) is 18.9 Å². The van der Waals surface area contributed by atoms with Crippen molar-refractivity contribution in [3.63, 3.8) is 0 Å². The van der Waals surface area contributed by atoms with E-state index in [1.54, 1.807) is 14.2 Å². The van der Waals surface area contributed by atoms with E-state index in [4.69, 9.17) is 4.74 Å². The maximum absolute atomic E-state index is 12.3. The molecule has 1 aliphatic rings. The van der Waals surface area contributed by atoms with Crippen LogP contribution in [0.5, 0.6) is 5.75 Å². The van der Waals surface area contributed by atoms with E-state index in [9.17, 15) is 4.79 Å². The number of carbonyl (C=O) groups excluding carboxylic acids is 1. The normalized spacial score (nSPS) is 16.8. The van der Waals surface area contributed by atoms with Gasteiger partial charge in [0.05, 0.1) is 7.11 Å². The second kappa shape index (κ2) is 10.5. The molecule has 1 saturated heterocycles. The van der Waals surface area contributed by atoms with Crippen molar-refractivity contribution in [2.45, 2.75) is 19.4 Å². The highest BCUT2D eigenvalue weighted by molar-refractivity contribution is 5.80. The summed E-state index contributed by atoms with van der Waals surface area (Å²) in [5.74, 6) is 2.14. The first-order valence-electron chi connectivity index (χ1n) is 10.1. The fraction of sp³-hybridized carbons (Fsp3) is 0.391. The molecule has 0 radical (unpaired) electrons. The molecule has 0 spiro atoms. The third kappa shape index (κ3) is 6.24. The number of guanidine groups is 1. The minimum absolute atomic E-state index is 0.244. The predicted molar refractivity (Wildman–Crippen MR) is 116 cm³/mol. The minimum Gasteiger partial charge on any atom is -0.497 e. The molecule has 154 valence electrons. The van der Waals surface area contributed by atoms with E-state index in [2.05, 4.69) is 27.8 Å². The first-order valence-corrected chi connectivity index (χ1v) is 10.1. The Labute approximate surface area is 173 Å². The van der Waals surface area contributed by atoms with Crippen molar-refractivity contribution in [1.82, 2.24) is 15.5 Å². The number of nitrogens with zero attached hydrogens (tertiary/aromatic N) is 2. The topological polar surface area (TPSA) is 66.0 Å². The summed E-state index contributed by atoms with van der Waals surface area (Å²) < 4.78 is 5.18. The van der Waals surface area contributed by atoms with Crippen LogP contribution < -0.4 is 15.4 Å². The Hall–Kier alpha value is -3.02. The molecule has 6 nitrogen and oxygen atoms in total. The number of likely N-dealkylation sites (tertiary alicyclic amines) is 1. The lowest BCUT2D eigenvalue weighted by atomic mass is 10.1. The quantitative estimate of drug-likeness (QED) is 0.533. The molecular weight excluding hydrogens is 364 g/mol. The molecule has 2 aromatic carbocycles. The zero-order valence-electron chi connectivity index (χ0n) is 17.2. The Bertz CT molecular complexity index is 805. The van der Waals surface area contributed by atoms with Gasteiger partial charge in [-0.3, -0.25) is 9.79 Å². The van der Waals surface area contributed by atoms with Gasteiger partial charge in [-0.2, -0.15) is 0 Å². The summed E-state index contributed by atoms with van der Waals surface area (Å²) in [5.41, 5.74) is 2.42. The largest absolute Gasteiger partial charge is 0.497 e. The first-order chi connectivity index (χ1) is 14.2. The van der Waals surface area contributed by atoms with Crippen LogP contribution in [0.3, 0.4) is 0 Å². The number of benzene rings is 2. The molecule has 1 fully saturated rings. The van der Waals surface area contributed by atoms with Crippen molar-refractivity contribution in [3.8, 4) is 5.75 Å². The fourth-order valence-electron chi connectivity index (χ4n) is 3.51. The summed E-state index contributed by atoms with van der Waals surface area (Å²) in [7, 11) is 3.42. The molecule has 0 bridgehead atoms. The highest BCUT2D eigenvalue weighted by Crippen LogP contribution is 2.17. The molecule has 1 aliphatic heterocycles. The van der Waals surface area contributed by atoms with Crippen molar-refractivity contribution in [2.24, 2.45) is 10.9 Å². The number of aliphatic imine (C=N–C) groups is 1. The number of hydrogen-bond donors (Lipinski definition) is 2. The van der Waals surface area contributed by atoms with E-state index in [0.717, 1.165) is 43.3 Å². The summed E-state index contributed by atoms with van der Waals surface area (Å²) in [4.78, 5) is 18.6. The third-order valence-corrected chi connectivity index (χ3v) is 5.21. The third-order valence-electron chi connectivity index (χ3n) is 5.21. The number of ether oxygens (including phenoxy) is 1. The monoisotopic (exact) mass is 394 g/mol. The number of nitrogens with one attached hydrogen (secondary N) is 2. The van der Waals surface area contributed by atoms with Crippen molar-refractivity contribution in [1.29, 1.82) is 0 Å². The lowest BCUT2D eigenvalue weighted by molar-refractivity contribution is -0.127. The zero-order chi connectivity index (χ0) is 20.5. The van der Waals surface area contributed by atoms with Crippen LogP contribution in [-0.2, 0) is 17.8 Å². The lowest BCUT2D eigenvalue weighted by Gasteiger charge is -2.18. The van der Waals surface area contributed by atoms with Crippen LogP contribution in [-0.4, -0.2) is 50.6 Å². The number of carbonyl (C=O) groups is 1. The van der Waals surface area contributed by atoms with Gasteiger partial charge in [-0.05, 0) is 29.7 Å². The van der Waals surface area contributed by atoms with Crippen LogP contribution >= 0.6 is 0 Å². The second-order valence-corrected chi connectivity index (χ2v) is 7.30. The van der Waals surface area contributed by atoms with Crippen molar-refractivity contribution < 1.29 is 9.53 Å². The van der Waals surface area contributed by atoms with E-state index >= 15 is 0 Å². The number of amides is 1. The molecule has 6 heteroatoms. The minimum atomic E-state index is 0.244. The highest BCUT2D eigenvalue weighted by atomic mass is 16.5. The van der Waals surface area contributed by atoms with Gasteiger partial charge in [-0.1, -0.05) is 42.5 Å². The summed E-state index contributed by atoms with van der Waals surface area (Å²) in [6.45, 7) is 2.99. The van der Waals surface area contributed by atoms with Crippen LogP contribution in [0, 0.1) is 5.92 Å². The summed E-state index contributed by atoms with van der Waals surface area (Å²) >= 11 is 0. The molecule has 1 unspecified atom stereocenters. The smallest absolute Gasteiger partial charge is 0.223 e. The van der Waals surface area contributed by atoms with Gasteiger partial charge < -0.3 is 20.3 Å². The van der Waals surface area contributed by atoms with Crippen molar-refractivity contribution in [3.05, 3.63) is 65.7 Å². The van der Waals surface area contributed by atoms with Gasteiger partial charge in [-0.25, -0.2) is 0 Å². The zero-order valence-corrected chi connectivity index (χ0v) is 17.2. The maximum Gasteiger partial charge on any atom is 0.223 e. The van der Waals surface area contributed by atoms with E-state index in [-0.39, 0.29) is 5.91 Å². The fourth-order valence-corrected chi connectivity index (χ4v) is 3.51. The van der Waals surface area contributed by atoms with Gasteiger partial charge in [0, 0.05) is 45.6 Å². The molecule has 1 atom stereocenters. The predicted octanol–water partition coefficient (Wildman–Crippen LogP) is 2.45. The molecule has 29 heavy (non-hydrogen) atoms. The Balaban J connectivity index is 1.40.